The van der Waals surface area contributed by atoms with Gasteiger partial charge in [-0.25, -0.2) is 4.39 Å². The maximum atomic E-state index is 13.5. The number of rotatable bonds is 2. The number of amides is 1. The van der Waals surface area contributed by atoms with Crippen LogP contribution in [0.4, 0.5) is 15.8 Å². The van der Waals surface area contributed by atoms with Crippen molar-refractivity contribution in [1.29, 1.82) is 0 Å². The molecule has 0 saturated carbocycles. The van der Waals surface area contributed by atoms with Gasteiger partial charge in [0, 0.05) is 23.5 Å². The van der Waals surface area contributed by atoms with Crippen LogP contribution in [0.3, 0.4) is 0 Å². The van der Waals surface area contributed by atoms with Gasteiger partial charge < -0.3 is 10.6 Å². The third-order valence-corrected chi connectivity index (χ3v) is 3.92. The Kier molecular flexibility index (Phi) is 3.60. The van der Waals surface area contributed by atoms with Crippen molar-refractivity contribution in [2.75, 3.05) is 17.2 Å². The Morgan fingerprint density at radius 3 is 2.90 bits per heavy atom. The van der Waals surface area contributed by atoms with E-state index in [4.69, 9.17) is 0 Å². The Bertz CT molecular complexity index is 684. The van der Waals surface area contributed by atoms with E-state index in [0.717, 1.165) is 11.3 Å². The Balaban J connectivity index is 1.74. The fourth-order valence-electron chi connectivity index (χ4n) is 2.60. The number of carbonyl (C=O) groups is 1. The van der Waals surface area contributed by atoms with Gasteiger partial charge >= 0.3 is 0 Å². The summed E-state index contributed by atoms with van der Waals surface area (Å²) in [5, 5.41) is 6.10. The molecule has 0 bridgehead atoms. The van der Waals surface area contributed by atoms with Crippen LogP contribution in [0, 0.1) is 18.7 Å². The number of halogens is 1. The predicted molar refractivity (Wildman–Crippen MR) is 81.9 cm³/mol. The Hall–Kier alpha value is -2.36. The number of para-hydroxylation sites is 1. The number of hydrogen-bond acceptors (Lipinski definition) is 2. The minimum atomic E-state index is -0.306. The number of anilines is 2. The summed E-state index contributed by atoms with van der Waals surface area (Å²) in [6, 6.07) is 12.7. The molecule has 1 aliphatic rings. The van der Waals surface area contributed by atoms with E-state index in [-0.39, 0.29) is 17.6 Å². The third-order valence-electron chi connectivity index (χ3n) is 3.92. The summed E-state index contributed by atoms with van der Waals surface area (Å²) >= 11 is 0. The van der Waals surface area contributed by atoms with Crippen molar-refractivity contribution in [3.63, 3.8) is 0 Å². The summed E-state index contributed by atoms with van der Waals surface area (Å²) in [6.07, 6.45) is 0.698. The lowest BCUT2D eigenvalue weighted by atomic mass is 9.93. The van der Waals surface area contributed by atoms with Crippen molar-refractivity contribution < 1.29 is 9.18 Å². The Morgan fingerprint density at radius 2 is 2.05 bits per heavy atom. The molecule has 2 aromatic carbocycles. The summed E-state index contributed by atoms with van der Waals surface area (Å²) in [5.74, 6) is -0.534. The molecule has 1 unspecified atom stereocenters. The van der Waals surface area contributed by atoms with Gasteiger partial charge in [0.15, 0.2) is 0 Å². The maximum Gasteiger partial charge on any atom is 0.229 e. The van der Waals surface area contributed by atoms with Gasteiger partial charge in [-0.05, 0) is 37.1 Å². The second kappa shape index (κ2) is 5.56. The van der Waals surface area contributed by atoms with Crippen LogP contribution in [0.2, 0.25) is 0 Å². The molecule has 108 valence electrons. The maximum absolute atomic E-state index is 13.5. The number of carbonyl (C=O) groups excluding carboxylic acids is 1. The van der Waals surface area contributed by atoms with Gasteiger partial charge in [0.2, 0.25) is 5.91 Å². The number of benzene rings is 2. The van der Waals surface area contributed by atoms with E-state index >= 15 is 0 Å². The minimum absolute atomic E-state index is 0.0781. The molecule has 0 saturated heterocycles. The van der Waals surface area contributed by atoms with Crippen LogP contribution in [0.15, 0.2) is 42.5 Å². The zero-order valence-electron chi connectivity index (χ0n) is 11.8. The Morgan fingerprint density at radius 1 is 1.24 bits per heavy atom. The van der Waals surface area contributed by atoms with E-state index in [0.29, 0.717) is 24.2 Å². The van der Waals surface area contributed by atoms with Crippen molar-refractivity contribution in [2.45, 2.75) is 13.3 Å². The topological polar surface area (TPSA) is 41.1 Å². The largest absolute Gasteiger partial charge is 0.384 e. The number of nitrogens with one attached hydrogen (secondary N) is 2. The average Bonchev–Trinajstić information content (AvgIpc) is 2.51. The van der Waals surface area contributed by atoms with Crippen molar-refractivity contribution in [1.82, 2.24) is 0 Å². The average molecular weight is 284 g/mol. The van der Waals surface area contributed by atoms with Crippen LogP contribution in [-0.4, -0.2) is 12.5 Å². The molecule has 1 aliphatic heterocycles. The molecule has 21 heavy (non-hydrogen) atoms. The summed E-state index contributed by atoms with van der Waals surface area (Å²) < 4.78 is 13.5. The molecule has 4 heteroatoms. The van der Waals surface area contributed by atoms with Gasteiger partial charge in [0.1, 0.15) is 5.82 Å². The fourth-order valence-corrected chi connectivity index (χ4v) is 2.60. The monoisotopic (exact) mass is 284 g/mol. The molecule has 3 nitrogen and oxygen atoms in total. The molecule has 3 rings (SSSR count). The zero-order valence-corrected chi connectivity index (χ0v) is 11.8. The van der Waals surface area contributed by atoms with Gasteiger partial charge in [0.25, 0.3) is 0 Å². The smallest absolute Gasteiger partial charge is 0.229 e. The summed E-state index contributed by atoms with van der Waals surface area (Å²) in [4.78, 5) is 12.4. The van der Waals surface area contributed by atoms with Crippen LogP contribution in [0.1, 0.15) is 11.1 Å². The Labute approximate surface area is 123 Å². The van der Waals surface area contributed by atoms with Crippen LogP contribution in [0.5, 0.6) is 0 Å². The van der Waals surface area contributed by atoms with E-state index in [1.165, 1.54) is 6.07 Å². The first-order chi connectivity index (χ1) is 10.1. The third kappa shape index (κ3) is 2.75. The normalized spacial score (nSPS) is 16.8. The number of hydrogen-bond donors (Lipinski definition) is 2. The lowest BCUT2D eigenvalue weighted by Gasteiger charge is -2.25. The lowest BCUT2D eigenvalue weighted by Crippen LogP contribution is -2.33. The van der Waals surface area contributed by atoms with Crippen LogP contribution in [0.25, 0.3) is 0 Å². The van der Waals surface area contributed by atoms with Crippen molar-refractivity contribution in [2.24, 2.45) is 5.92 Å². The van der Waals surface area contributed by atoms with E-state index < -0.39 is 0 Å². The summed E-state index contributed by atoms with van der Waals surface area (Å²) in [6.45, 7) is 2.26. The highest BCUT2D eigenvalue weighted by Crippen LogP contribution is 2.25. The second-order valence-corrected chi connectivity index (χ2v) is 5.34. The van der Waals surface area contributed by atoms with Crippen molar-refractivity contribution >= 4 is 17.3 Å². The molecule has 0 radical (unpaired) electrons. The molecular weight excluding hydrogens is 267 g/mol. The molecule has 1 atom stereocenters. The van der Waals surface area contributed by atoms with Crippen LogP contribution >= 0.6 is 0 Å². The van der Waals surface area contributed by atoms with Gasteiger partial charge in [-0.3, -0.25) is 4.79 Å². The fraction of sp³-hybridized carbons (Fsp3) is 0.235. The van der Waals surface area contributed by atoms with E-state index in [2.05, 4.69) is 10.6 Å². The standard InChI is InChI=1S/C17H17FN2O/c1-11-14(18)6-4-8-15(11)20-17(21)13-9-12-5-2-3-7-16(12)19-10-13/h2-8,13,19H,9-10H2,1H3,(H,20,21). The van der Waals surface area contributed by atoms with E-state index in [9.17, 15) is 9.18 Å². The summed E-state index contributed by atoms with van der Waals surface area (Å²) in [5.41, 5.74) is 3.23. The van der Waals surface area contributed by atoms with Crippen molar-refractivity contribution in [3.05, 3.63) is 59.4 Å². The first-order valence-electron chi connectivity index (χ1n) is 7.03. The van der Waals surface area contributed by atoms with Crippen molar-refractivity contribution in [3.8, 4) is 0 Å². The molecule has 1 amide bonds. The molecule has 0 spiro atoms. The molecule has 1 heterocycles. The van der Waals surface area contributed by atoms with Crippen LogP contribution < -0.4 is 10.6 Å². The predicted octanol–water partition coefficient (Wildman–Crippen LogP) is 3.36. The molecule has 2 aromatic rings. The summed E-state index contributed by atoms with van der Waals surface area (Å²) in [7, 11) is 0. The molecular formula is C17H17FN2O. The molecule has 0 aliphatic carbocycles. The first kappa shape index (κ1) is 13.6. The molecule has 2 N–H and O–H groups in total. The first-order valence-corrected chi connectivity index (χ1v) is 7.03. The van der Waals surface area contributed by atoms with Gasteiger partial charge in [-0.1, -0.05) is 24.3 Å². The van der Waals surface area contributed by atoms with E-state index in [1.54, 1.807) is 19.1 Å². The SMILES string of the molecule is Cc1c(F)cccc1NC(=O)C1CNc2ccccc2C1. The highest BCUT2D eigenvalue weighted by Gasteiger charge is 2.24. The molecule has 0 fully saturated rings. The quantitative estimate of drug-likeness (QED) is 0.888. The highest BCUT2D eigenvalue weighted by molar-refractivity contribution is 5.94. The van der Waals surface area contributed by atoms with Crippen LogP contribution in [-0.2, 0) is 11.2 Å². The van der Waals surface area contributed by atoms with E-state index in [1.807, 2.05) is 24.3 Å². The highest BCUT2D eigenvalue weighted by atomic mass is 19.1. The lowest BCUT2D eigenvalue weighted by molar-refractivity contribution is -0.119. The molecule has 0 aromatic heterocycles. The number of fused-ring (bicyclic) bond motifs is 1. The van der Waals surface area contributed by atoms with Gasteiger partial charge in [-0.15, -0.1) is 0 Å². The van der Waals surface area contributed by atoms with Gasteiger partial charge in [-0.2, -0.15) is 0 Å². The second-order valence-electron chi connectivity index (χ2n) is 5.34. The minimum Gasteiger partial charge on any atom is -0.384 e. The van der Waals surface area contributed by atoms with Gasteiger partial charge in [0.05, 0.1) is 5.92 Å². The zero-order chi connectivity index (χ0) is 14.8.